The summed E-state index contributed by atoms with van der Waals surface area (Å²) in [7, 11) is 0. The van der Waals surface area contributed by atoms with Gasteiger partial charge in [0, 0.05) is 37.7 Å². The van der Waals surface area contributed by atoms with Gasteiger partial charge in [-0.25, -0.2) is 13.6 Å². The zero-order valence-electron chi connectivity index (χ0n) is 19.1. The van der Waals surface area contributed by atoms with Crippen LogP contribution in [0.5, 0.6) is 17.4 Å². The summed E-state index contributed by atoms with van der Waals surface area (Å²) in [4.78, 5) is 21.8. The smallest absolute Gasteiger partial charge is 0.433 e. The first-order valence-electron chi connectivity index (χ1n) is 11.4. The van der Waals surface area contributed by atoms with E-state index in [9.17, 15) is 26.7 Å². The fraction of sp³-hybridized carbons (Fsp3) is 0.375. The highest BCUT2D eigenvalue weighted by atomic mass is 19.4. The van der Waals surface area contributed by atoms with Crippen molar-refractivity contribution in [2.24, 2.45) is 0 Å². The number of ether oxygens (including phenoxy) is 3. The minimum atomic E-state index is -4.73. The summed E-state index contributed by atoms with van der Waals surface area (Å²) >= 11 is 0. The lowest BCUT2D eigenvalue weighted by Crippen LogP contribution is -2.46. The van der Waals surface area contributed by atoms with E-state index < -0.39 is 40.7 Å². The fourth-order valence-electron chi connectivity index (χ4n) is 5.14. The number of alkyl halides is 3. The Balaban J connectivity index is 1.13. The van der Waals surface area contributed by atoms with E-state index in [2.05, 4.69) is 14.9 Å². The van der Waals surface area contributed by atoms with Crippen LogP contribution in [0, 0.1) is 11.6 Å². The number of aromatic nitrogens is 3. The lowest BCUT2D eigenvalue weighted by molar-refractivity contribution is -0.141. The molecule has 37 heavy (non-hydrogen) atoms. The van der Waals surface area contributed by atoms with Crippen molar-refractivity contribution in [3.63, 3.8) is 0 Å². The maximum atomic E-state index is 14.6. The molecule has 6 rings (SSSR count). The van der Waals surface area contributed by atoms with Crippen molar-refractivity contribution in [2.75, 3.05) is 24.7 Å². The van der Waals surface area contributed by atoms with Crippen LogP contribution in [0.25, 0.3) is 0 Å². The number of halogens is 5. The monoisotopic (exact) mass is 522 g/mol. The summed E-state index contributed by atoms with van der Waals surface area (Å²) in [5.41, 5.74) is -1.69. The molecule has 8 nitrogen and oxygen atoms in total. The molecule has 194 valence electrons. The summed E-state index contributed by atoms with van der Waals surface area (Å²) in [6.07, 6.45) is -2.83. The summed E-state index contributed by atoms with van der Waals surface area (Å²) in [6.45, 7) is 1.73. The quantitative estimate of drug-likeness (QED) is 0.457. The summed E-state index contributed by atoms with van der Waals surface area (Å²) < 4.78 is 85.6. The van der Waals surface area contributed by atoms with Gasteiger partial charge in [-0.2, -0.15) is 18.2 Å². The third-order valence-electron chi connectivity index (χ3n) is 6.79. The van der Waals surface area contributed by atoms with Crippen molar-refractivity contribution >= 4 is 5.82 Å². The number of fused-ring (bicyclic) bond motifs is 3. The molecule has 3 aliphatic rings. The van der Waals surface area contributed by atoms with Gasteiger partial charge in [-0.1, -0.05) is 0 Å². The van der Waals surface area contributed by atoms with Crippen LogP contribution in [0.1, 0.15) is 17.7 Å². The van der Waals surface area contributed by atoms with Crippen LogP contribution in [0.2, 0.25) is 0 Å². The zero-order chi connectivity index (χ0) is 25.9. The molecule has 1 aromatic carbocycles. The van der Waals surface area contributed by atoms with Crippen molar-refractivity contribution in [2.45, 2.75) is 37.2 Å². The van der Waals surface area contributed by atoms with E-state index in [0.717, 1.165) is 30.8 Å². The van der Waals surface area contributed by atoms with E-state index in [1.165, 1.54) is 0 Å². The molecule has 2 fully saturated rings. The van der Waals surface area contributed by atoms with Gasteiger partial charge < -0.3 is 19.1 Å². The number of anilines is 1. The van der Waals surface area contributed by atoms with Gasteiger partial charge in [0.2, 0.25) is 5.88 Å². The highest BCUT2D eigenvalue weighted by Gasteiger charge is 2.56. The van der Waals surface area contributed by atoms with Crippen molar-refractivity contribution < 1.29 is 36.2 Å². The van der Waals surface area contributed by atoms with Gasteiger partial charge in [-0.05, 0) is 23.8 Å². The van der Waals surface area contributed by atoms with Crippen LogP contribution in [0.3, 0.4) is 0 Å². The fourth-order valence-corrected chi connectivity index (χ4v) is 5.14. The highest BCUT2D eigenvalue weighted by molar-refractivity contribution is 5.52. The molecule has 13 heteroatoms. The van der Waals surface area contributed by atoms with E-state index in [4.69, 9.17) is 14.2 Å². The SMILES string of the molecule is O=c1nc(OCCc2cc(F)c(Oc3ccnc(C(F)(F)F)c3)c(F)c2)cc2n1C[C@]13CO[C@H](CN21)C3. The van der Waals surface area contributed by atoms with Gasteiger partial charge in [-0.15, -0.1) is 0 Å². The minimum absolute atomic E-state index is 0.0227. The molecule has 3 aromatic rings. The predicted octanol–water partition coefficient (Wildman–Crippen LogP) is 3.71. The molecular weight excluding hydrogens is 503 g/mol. The Bertz CT molecular complexity index is 1420. The standard InChI is InChI=1S/C24H19F5N4O4/c25-16-5-13(6-17(26)21(16)37-14-1-3-30-18(7-14)24(27,28)29)2-4-35-19-8-20-32(22(34)31-19)11-23-9-15(36-12-23)10-33(20)23/h1,3,5-8,15H,2,4,9-12H2/t15-,23+/m0/s1. The number of pyridine rings is 1. The number of hydrogen-bond acceptors (Lipinski definition) is 7. The largest absolute Gasteiger partial charge is 0.477 e. The molecule has 1 spiro atoms. The first-order chi connectivity index (χ1) is 17.6. The first-order valence-corrected chi connectivity index (χ1v) is 11.4. The lowest BCUT2D eigenvalue weighted by atomic mass is 10.0. The van der Waals surface area contributed by atoms with Crippen LogP contribution < -0.4 is 20.1 Å². The number of benzene rings is 1. The number of hydrogen-bond donors (Lipinski definition) is 0. The molecule has 2 atom stereocenters. The number of morpholine rings is 1. The third-order valence-corrected chi connectivity index (χ3v) is 6.79. The van der Waals surface area contributed by atoms with Gasteiger partial charge in [0.1, 0.15) is 17.3 Å². The third kappa shape index (κ3) is 4.16. The van der Waals surface area contributed by atoms with Crippen LogP contribution in [0.4, 0.5) is 27.8 Å². The summed E-state index contributed by atoms with van der Waals surface area (Å²) in [6, 6.07) is 5.30. The first kappa shape index (κ1) is 23.6. The second kappa shape index (κ2) is 8.40. The van der Waals surface area contributed by atoms with Gasteiger partial charge in [0.05, 0.1) is 31.4 Å². The Morgan fingerprint density at radius 3 is 2.68 bits per heavy atom. The molecule has 0 saturated carbocycles. The molecule has 0 aliphatic carbocycles. The molecule has 0 radical (unpaired) electrons. The van der Waals surface area contributed by atoms with E-state index in [0.29, 0.717) is 31.6 Å². The topological polar surface area (TPSA) is 78.7 Å². The van der Waals surface area contributed by atoms with Crippen molar-refractivity contribution in [1.29, 1.82) is 0 Å². The molecular formula is C24H19F5N4O4. The number of nitrogens with zero attached hydrogens (tertiary/aromatic N) is 4. The Labute approximate surface area is 206 Å². The molecule has 3 aliphatic heterocycles. The average molecular weight is 522 g/mol. The van der Waals surface area contributed by atoms with Crippen molar-refractivity contribution in [1.82, 2.24) is 14.5 Å². The van der Waals surface area contributed by atoms with Crippen LogP contribution in [-0.4, -0.2) is 45.9 Å². The lowest BCUT2D eigenvalue weighted by Gasteiger charge is -2.32. The molecule has 2 bridgehead atoms. The van der Waals surface area contributed by atoms with Crippen LogP contribution >= 0.6 is 0 Å². The van der Waals surface area contributed by atoms with Gasteiger partial charge in [0.15, 0.2) is 17.4 Å². The molecule has 0 unspecified atom stereocenters. The average Bonchev–Trinajstić information content (AvgIpc) is 3.50. The van der Waals surface area contributed by atoms with E-state index in [1.807, 2.05) is 0 Å². The molecule has 5 heterocycles. The second-order valence-corrected chi connectivity index (χ2v) is 9.26. The predicted molar refractivity (Wildman–Crippen MR) is 118 cm³/mol. The molecule has 2 saturated heterocycles. The van der Waals surface area contributed by atoms with Crippen LogP contribution in [0.15, 0.2) is 41.3 Å². The van der Waals surface area contributed by atoms with Crippen molar-refractivity contribution in [3.05, 3.63) is 69.9 Å². The number of rotatable bonds is 6. The van der Waals surface area contributed by atoms with E-state index in [1.54, 1.807) is 10.6 Å². The second-order valence-electron chi connectivity index (χ2n) is 9.26. The van der Waals surface area contributed by atoms with E-state index >= 15 is 0 Å². The van der Waals surface area contributed by atoms with E-state index in [-0.39, 0.29) is 36.1 Å². The van der Waals surface area contributed by atoms with Gasteiger partial charge in [0.25, 0.3) is 0 Å². The van der Waals surface area contributed by atoms with Gasteiger partial charge in [-0.3, -0.25) is 9.55 Å². The normalized spacial score (nSPS) is 21.8. The maximum Gasteiger partial charge on any atom is 0.433 e. The Morgan fingerprint density at radius 2 is 1.95 bits per heavy atom. The maximum absolute atomic E-state index is 14.6. The van der Waals surface area contributed by atoms with Crippen molar-refractivity contribution in [3.8, 4) is 17.4 Å². The molecule has 2 aromatic heterocycles. The highest BCUT2D eigenvalue weighted by Crippen LogP contribution is 2.46. The summed E-state index contributed by atoms with van der Waals surface area (Å²) in [5.74, 6) is -2.61. The molecule has 0 amide bonds. The van der Waals surface area contributed by atoms with Gasteiger partial charge >= 0.3 is 11.9 Å². The summed E-state index contributed by atoms with van der Waals surface area (Å²) in [5, 5.41) is 0. The minimum Gasteiger partial charge on any atom is -0.477 e. The zero-order valence-corrected chi connectivity index (χ0v) is 19.1. The Hall–Kier alpha value is -3.74. The molecule has 0 N–H and O–H groups in total. The Kier molecular flexibility index (Phi) is 5.37. The van der Waals surface area contributed by atoms with Crippen LogP contribution in [-0.2, 0) is 23.9 Å². The Morgan fingerprint density at radius 1 is 1.16 bits per heavy atom.